The molecule has 0 atom stereocenters. The van der Waals surface area contributed by atoms with Crippen LogP contribution in [0.25, 0.3) is 16.9 Å². The maximum absolute atomic E-state index is 14.0. The summed E-state index contributed by atoms with van der Waals surface area (Å²) < 4.78 is 34.9. The Morgan fingerprint density at radius 2 is 1.70 bits per heavy atom. The van der Waals surface area contributed by atoms with E-state index < -0.39 is 12.5 Å². The second-order valence-electron chi connectivity index (χ2n) is 9.56. The molecule has 12 heteroatoms. The van der Waals surface area contributed by atoms with E-state index in [-0.39, 0.29) is 5.82 Å². The third kappa shape index (κ3) is 5.90. The van der Waals surface area contributed by atoms with Crippen molar-refractivity contribution in [1.82, 2.24) is 24.8 Å². The summed E-state index contributed by atoms with van der Waals surface area (Å²) in [5.41, 5.74) is 1.04. The molecule has 2 aliphatic rings. The lowest BCUT2D eigenvalue weighted by Crippen LogP contribution is -2.37. The predicted molar refractivity (Wildman–Crippen MR) is 135 cm³/mol. The number of carbonyl (C=O) groups is 1. The zero-order valence-corrected chi connectivity index (χ0v) is 20.4. The van der Waals surface area contributed by atoms with Gasteiger partial charge in [0.2, 0.25) is 5.95 Å². The number of amides is 1. The lowest BCUT2D eigenvalue weighted by molar-refractivity contribution is 0.122. The quantitative estimate of drug-likeness (QED) is 0.411. The maximum atomic E-state index is 14.0. The molecule has 1 aliphatic heterocycles. The van der Waals surface area contributed by atoms with E-state index in [0.717, 1.165) is 25.7 Å². The minimum atomic E-state index is -2.77. The number of alkyl halides is 2. The smallest absolute Gasteiger partial charge is 0.404 e. The Morgan fingerprint density at radius 1 is 1.03 bits per heavy atom. The maximum Gasteiger partial charge on any atom is 0.404 e. The van der Waals surface area contributed by atoms with E-state index in [2.05, 4.69) is 25.5 Å². The van der Waals surface area contributed by atoms with Crippen LogP contribution in [0.4, 0.5) is 25.3 Å². The van der Waals surface area contributed by atoms with Crippen molar-refractivity contribution in [3.63, 3.8) is 0 Å². The number of benzene rings is 1. The third-order valence-corrected chi connectivity index (χ3v) is 7.10. The van der Waals surface area contributed by atoms with Crippen molar-refractivity contribution in [2.75, 3.05) is 49.6 Å². The molecule has 0 unspecified atom stereocenters. The molecule has 198 valence electrons. The SMILES string of the molecule is O=C(O)NC[C@H]1CC[C@H](CNc2nc(N3CCOCC3)cc(-n3c(C(F)F)nc4ccccc43)n2)CC1. The summed E-state index contributed by atoms with van der Waals surface area (Å²) in [5.74, 6) is 1.76. The zero-order chi connectivity index (χ0) is 25.8. The highest BCUT2D eigenvalue weighted by Gasteiger charge is 2.25. The molecule has 0 radical (unpaired) electrons. The fraction of sp³-hybridized carbons (Fsp3) is 0.520. The van der Waals surface area contributed by atoms with Gasteiger partial charge in [-0.15, -0.1) is 0 Å². The molecule has 0 spiro atoms. The minimum Gasteiger partial charge on any atom is -0.465 e. The van der Waals surface area contributed by atoms with Crippen LogP contribution >= 0.6 is 0 Å². The number of para-hydroxylation sites is 2. The summed E-state index contributed by atoms with van der Waals surface area (Å²) in [6, 6.07) is 8.77. The molecule has 2 fully saturated rings. The first-order valence-corrected chi connectivity index (χ1v) is 12.7. The van der Waals surface area contributed by atoms with Gasteiger partial charge in [0.05, 0.1) is 24.2 Å². The highest BCUT2D eigenvalue weighted by Crippen LogP contribution is 2.31. The first-order valence-electron chi connectivity index (χ1n) is 12.7. The molecule has 10 nitrogen and oxygen atoms in total. The van der Waals surface area contributed by atoms with E-state index in [1.54, 1.807) is 30.3 Å². The highest BCUT2D eigenvalue weighted by molar-refractivity contribution is 5.78. The number of nitrogens with one attached hydrogen (secondary N) is 2. The van der Waals surface area contributed by atoms with Gasteiger partial charge >= 0.3 is 6.09 Å². The van der Waals surface area contributed by atoms with Crippen LogP contribution in [0.3, 0.4) is 0 Å². The number of halogens is 2. The summed E-state index contributed by atoms with van der Waals surface area (Å²) in [5, 5.41) is 14.7. The molecule has 1 saturated carbocycles. The molecule has 1 aromatic carbocycles. The van der Waals surface area contributed by atoms with Crippen molar-refractivity contribution in [1.29, 1.82) is 0 Å². The molecule has 37 heavy (non-hydrogen) atoms. The Bertz CT molecular complexity index is 1220. The van der Waals surface area contributed by atoms with Crippen LogP contribution in [0, 0.1) is 11.8 Å². The first-order chi connectivity index (χ1) is 18.0. The van der Waals surface area contributed by atoms with Gasteiger partial charge in [-0.3, -0.25) is 4.57 Å². The Labute approximate surface area is 213 Å². The minimum absolute atomic E-state index is 0.339. The molecule has 3 heterocycles. The number of anilines is 2. The predicted octanol–water partition coefficient (Wildman–Crippen LogP) is 4.08. The molecular formula is C25H31F2N7O3. The van der Waals surface area contributed by atoms with Crippen LogP contribution in [-0.4, -0.2) is 70.1 Å². The molecule has 3 aromatic rings. The van der Waals surface area contributed by atoms with Crippen LogP contribution in [-0.2, 0) is 4.74 Å². The van der Waals surface area contributed by atoms with Crippen molar-refractivity contribution in [3.05, 3.63) is 36.2 Å². The van der Waals surface area contributed by atoms with Gasteiger partial charge < -0.3 is 25.4 Å². The lowest BCUT2D eigenvalue weighted by Gasteiger charge is -2.29. The van der Waals surface area contributed by atoms with E-state index in [4.69, 9.17) is 14.8 Å². The fourth-order valence-corrected chi connectivity index (χ4v) is 5.11. The van der Waals surface area contributed by atoms with E-state index in [1.807, 2.05) is 0 Å². The Hall–Kier alpha value is -3.54. The number of carboxylic acid groups (broad SMARTS) is 1. The van der Waals surface area contributed by atoms with E-state index in [1.165, 1.54) is 4.57 Å². The van der Waals surface area contributed by atoms with Crippen molar-refractivity contribution in [2.24, 2.45) is 11.8 Å². The monoisotopic (exact) mass is 515 g/mol. The van der Waals surface area contributed by atoms with Crippen molar-refractivity contribution in [2.45, 2.75) is 32.1 Å². The number of imidazole rings is 1. The fourth-order valence-electron chi connectivity index (χ4n) is 5.11. The van der Waals surface area contributed by atoms with E-state index >= 15 is 0 Å². The zero-order valence-electron chi connectivity index (χ0n) is 20.4. The summed E-state index contributed by atoms with van der Waals surface area (Å²) in [7, 11) is 0. The molecule has 1 saturated heterocycles. The number of ether oxygens (including phenoxy) is 1. The van der Waals surface area contributed by atoms with Crippen molar-refractivity contribution in [3.8, 4) is 5.82 Å². The number of aromatic nitrogens is 4. The second-order valence-corrected chi connectivity index (χ2v) is 9.56. The summed E-state index contributed by atoms with van der Waals surface area (Å²) >= 11 is 0. The molecule has 1 aliphatic carbocycles. The molecule has 0 bridgehead atoms. The Balaban J connectivity index is 1.39. The van der Waals surface area contributed by atoms with Gasteiger partial charge in [0.15, 0.2) is 5.82 Å². The van der Waals surface area contributed by atoms with Crippen LogP contribution in [0.2, 0.25) is 0 Å². The molecule has 3 N–H and O–H groups in total. The van der Waals surface area contributed by atoms with Gasteiger partial charge in [0, 0.05) is 32.2 Å². The third-order valence-electron chi connectivity index (χ3n) is 7.10. The van der Waals surface area contributed by atoms with E-state index in [0.29, 0.717) is 79.8 Å². The molecular weight excluding hydrogens is 484 g/mol. The Kier molecular flexibility index (Phi) is 7.63. The largest absolute Gasteiger partial charge is 0.465 e. The number of nitrogens with zero attached hydrogens (tertiary/aromatic N) is 5. The van der Waals surface area contributed by atoms with Crippen molar-refractivity contribution < 1.29 is 23.4 Å². The average Bonchev–Trinajstić information content (AvgIpc) is 3.32. The van der Waals surface area contributed by atoms with Gasteiger partial charge in [0.1, 0.15) is 11.6 Å². The highest BCUT2D eigenvalue weighted by atomic mass is 19.3. The van der Waals surface area contributed by atoms with Gasteiger partial charge in [0.25, 0.3) is 6.43 Å². The van der Waals surface area contributed by atoms with Crippen molar-refractivity contribution >= 4 is 28.9 Å². The van der Waals surface area contributed by atoms with Gasteiger partial charge in [-0.2, -0.15) is 9.97 Å². The van der Waals surface area contributed by atoms with E-state index in [9.17, 15) is 13.6 Å². The number of hydrogen-bond donors (Lipinski definition) is 3. The van der Waals surface area contributed by atoms with Gasteiger partial charge in [-0.1, -0.05) is 12.1 Å². The Morgan fingerprint density at radius 3 is 2.41 bits per heavy atom. The van der Waals surface area contributed by atoms with Gasteiger partial charge in [-0.05, 0) is 49.7 Å². The number of rotatable bonds is 8. The van der Waals surface area contributed by atoms with Crippen LogP contribution in [0.1, 0.15) is 37.9 Å². The normalized spacial score (nSPS) is 20.4. The first kappa shape index (κ1) is 25.1. The number of fused-ring (bicyclic) bond motifs is 1. The average molecular weight is 516 g/mol. The second kappa shape index (κ2) is 11.2. The molecule has 1 amide bonds. The van der Waals surface area contributed by atoms with Crippen LogP contribution in [0.5, 0.6) is 0 Å². The summed E-state index contributed by atoms with van der Waals surface area (Å²) in [4.78, 5) is 26.4. The standard InChI is InChI=1S/C25H31F2N7O3/c26-22(27)23-30-18-3-1-2-4-19(18)34(23)21-13-20(33-9-11-37-12-10-33)31-24(32-21)28-14-16-5-7-17(8-6-16)15-29-25(35)36/h1-4,13,16-17,22,29H,5-12,14-15H2,(H,35,36)(H,28,31,32)/t16-,17-. The summed E-state index contributed by atoms with van der Waals surface area (Å²) in [6.07, 6.45) is 0.0817. The van der Waals surface area contributed by atoms with Crippen LogP contribution < -0.4 is 15.5 Å². The molecule has 2 aromatic heterocycles. The molecule has 5 rings (SSSR count). The number of morpholine rings is 1. The number of hydrogen-bond acceptors (Lipinski definition) is 7. The van der Waals surface area contributed by atoms with Gasteiger partial charge in [-0.25, -0.2) is 18.6 Å². The summed E-state index contributed by atoms with van der Waals surface area (Å²) in [6.45, 7) is 3.57. The lowest BCUT2D eigenvalue weighted by atomic mass is 9.82. The van der Waals surface area contributed by atoms with Crippen LogP contribution in [0.15, 0.2) is 30.3 Å². The topological polar surface area (TPSA) is 117 Å².